The Morgan fingerprint density at radius 1 is 1.58 bits per heavy atom. The van der Waals surface area contributed by atoms with Gasteiger partial charge in [-0.05, 0) is 5.92 Å². The monoisotopic (exact) mass is 173 g/mol. The number of hydrogen-bond acceptors (Lipinski definition) is 3. The molecule has 0 amide bonds. The lowest BCUT2D eigenvalue weighted by molar-refractivity contribution is -0.140. The molecule has 0 heterocycles. The summed E-state index contributed by atoms with van der Waals surface area (Å²) < 4.78 is 0. The van der Waals surface area contributed by atoms with Gasteiger partial charge in [-0.15, -0.1) is 0 Å². The highest BCUT2D eigenvalue weighted by molar-refractivity contribution is 5.73. The van der Waals surface area contributed by atoms with Crippen molar-refractivity contribution in [3.05, 3.63) is 0 Å². The third-order valence-corrected chi connectivity index (χ3v) is 1.56. The number of carboxylic acids is 1. The van der Waals surface area contributed by atoms with Crippen LogP contribution in [0.15, 0.2) is 0 Å². The maximum absolute atomic E-state index is 10.6. The van der Waals surface area contributed by atoms with E-state index in [1.807, 2.05) is 13.8 Å². The largest absolute Gasteiger partial charge is 0.480 e. The smallest absolute Gasteiger partial charge is 0.320 e. The second-order valence-electron chi connectivity index (χ2n) is 2.97. The normalized spacial score (nSPS) is 12.9. The first-order valence-corrected chi connectivity index (χ1v) is 3.99. The summed E-state index contributed by atoms with van der Waals surface area (Å²) in [6.45, 7) is 4.08. The van der Waals surface area contributed by atoms with Gasteiger partial charge >= 0.3 is 5.97 Å². The Morgan fingerprint density at radius 3 is 2.50 bits per heavy atom. The Kier molecular flexibility index (Phi) is 5.28. The van der Waals surface area contributed by atoms with Crippen LogP contribution in [0.4, 0.5) is 0 Å². The fourth-order valence-corrected chi connectivity index (χ4v) is 0.906. The van der Waals surface area contributed by atoms with Crippen molar-refractivity contribution < 1.29 is 14.7 Å². The zero-order valence-corrected chi connectivity index (χ0v) is 7.41. The lowest BCUT2D eigenvalue weighted by atomic mass is 10.1. The Bertz CT molecular complexity index is 156. The van der Waals surface area contributed by atoms with Crippen molar-refractivity contribution in [2.24, 2.45) is 5.92 Å². The SMILES string of the molecule is CC(C)C(NCCC=O)C(=O)O. The second kappa shape index (κ2) is 5.71. The summed E-state index contributed by atoms with van der Waals surface area (Å²) in [5.74, 6) is -0.829. The fraction of sp³-hybridized carbons (Fsp3) is 0.750. The first-order chi connectivity index (χ1) is 5.59. The van der Waals surface area contributed by atoms with Gasteiger partial charge in [-0.2, -0.15) is 0 Å². The van der Waals surface area contributed by atoms with Gasteiger partial charge in [0.15, 0.2) is 0 Å². The van der Waals surface area contributed by atoms with Gasteiger partial charge in [-0.1, -0.05) is 13.8 Å². The lowest BCUT2D eigenvalue weighted by Gasteiger charge is -2.16. The van der Waals surface area contributed by atoms with E-state index in [0.717, 1.165) is 6.29 Å². The van der Waals surface area contributed by atoms with E-state index in [0.29, 0.717) is 13.0 Å². The molecule has 0 spiro atoms. The fourth-order valence-electron chi connectivity index (χ4n) is 0.906. The van der Waals surface area contributed by atoms with Crippen molar-refractivity contribution in [1.82, 2.24) is 5.32 Å². The van der Waals surface area contributed by atoms with Crippen LogP contribution in [-0.4, -0.2) is 29.9 Å². The lowest BCUT2D eigenvalue weighted by Crippen LogP contribution is -2.41. The van der Waals surface area contributed by atoms with E-state index >= 15 is 0 Å². The molecule has 70 valence electrons. The molecule has 0 radical (unpaired) electrons. The van der Waals surface area contributed by atoms with Crippen LogP contribution in [0.5, 0.6) is 0 Å². The van der Waals surface area contributed by atoms with Crippen molar-refractivity contribution in [3.8, 4) is 0 Å². The van der Waals surface area contributed by atoms with Crippen molar-refractivity contribution >= 4 is 12.3 Å². The average molecular weight is 173 g/mol. The van der Waals surface area contributed by atoms with Crippen molar-refractivity contribution in [3.63, 3.8) is 0 Å². The average Bonchev–Trinajstić information content (AvgIpc) is 1.96. The van der Waals surface area contributed by atoms with Gasteiger partial charge in [0.2, 0.25) is 0 Å². The van der Waals surface area contributed by atoms with Crippen LogP contribution >= 0.6 is 0 Å². The predicted molar refractivity (Wildman–Crippen MR) is 44.9 cm³/mol. The molecule has 0 aromatic rings. The Morgan fingerprint density at radius 2 is 2.17 bits per heavy atom. The van der Waals surface area contributed by atoms with E-state index < -0.39 is 12.0 Å². The summed E-state index contributed by atoms with van der Waals surface area (Å²) in [7, 11) is 0. The molecule has 4 nitrogen and oxygen atoms in total. The van der Waals surface area contributed by atoms with Gasteiger partial charge in [0.1, 0.15) is 12.3 Å². The molecule has 0 bridgehead atoms. The minimum Gasteiger partial charge on any atom is -0.480 e. The number of hydrogen-bond donors (Lipinski definition) is 2. The molecule has 0 aliphatic rings. The summed E-state index contributed by atoms with van der Waals surface area (Å²) in [5.41, 5.74) is 0. The molecule has 0 aliphatic heterocycles. The van der Waals surface area contributed by atoms with E-state index in [9.17, 15) is 9.59 Å². The van der Waals surface area contributed by atoms with E-state index in [4.69, 9.17) is 5.11 Å². The van der Waals surface area contributed by atoms with E-state index in [1.165, 1.54) is 0 Å². The summed E-state index contributed by atoms with van der Waals surface area (Å²) >= 11 is 0. The maximum atomic E-state index is 10.6. The minimum atomic E-state index is -0.865. The highest BCUT2D eigenvalue weighted by Gasteiger charge is 2.19. The Labute approximate surface area is 72.0 Å². The Balaban J connectivity index is 3.79. The zero-order chi connectivity index (χ0) is 9.56. The third-order valence-electron chi connectivity index (χ3n) is 1.56. The number of carbonyl (C=O) groups is 2. The van der Waals surface area contributed by atoms with Crippen LogP contribution in [0, 0.1) is 5.92 Å². The topological polar surface area (TPSA) is 66.4 Å². The highest BCUT2D eigenvalue weighted by atomic mass is 16.4. The number of nitrogens with one attached hydrogen (secondary N) is 1. The second-order valence-corrected chi connectivity index (χ2v) is 2.97. The van der Waals surface area contributed by atoms with Crippen LogP contribution in [0.3, 0.4) is 0 Å². The van der Waals surface area contributed by atoms with Gasteiger partial charge in [0.05, 0.1) is 0 Å². The van der Waals surface area contributed by atoms with E-state index in [2.05, 4.69) is 5.32 Å². The molecule has 0 saturated carbocycles. The van der Waals surface area contributed by atoms with Crippen LogP contribution in [0.2, 0.25) is 0 Å². The predicted octanol–water partition coefficient (Wildman–Crippen LogP) is 0.274. The molecule has 1 unspecified atom stereocenters. The molecule has 0 fully saturated rings. The van der Waals surface area contributed by atoms with Crippen LogP contribution in [0.1, 0.15) is 20.3 Å². The van der Waals surface area contributed by atoms with Crippen LogP contribution < -0.4 is 5.32 Å². The summed E-state index contributed by atoms with van der Waals surface area (Å²) in [5, 5.41) is 11.5. The highest BCUT2D eigenvalue weighted by Crippen LogP contribution is 2.00. The first-order valence-electron chi connectivity index (χ1n) is 3.99. The Hall–Kier alpha value is -0.900. The van der Waals surface area contributed by atoms with E-state index in [-0.39, 0.29) is 5.92 Å². The third kappa shape index (κ3) is 4.08. The summed E-state index contributed by atoms with van der Waals surface area (Å²) in [4.78, 5) is 20.5. The number of carboxylic acid groups (broad SMARTS) is 1. The van der Waals surface area contributed by atoms with E-state index in [1.54, 1.807) is 0 Å². The standard InChI is InChI=1S/C8H15NO3/c1-6(2)7(8(11)12)9-4-3-5-10/h5-7,9H,3-4H2,1-2H3,(H,11,12). The zero-order valence-electron chi connectivity index (χ0n) is 7.41. The molecule has 12 heavy (non-hydrogen) atoms. The van der Waals surface area contributed by atoms with Crippen LogP contribution in [-0.2, 0) is 9.59 Å². The van der Waals surface area contributed by atoms with Gasteiger partial charge in [-0.3, -0.25) is 4.79 Å². The quantitative estimate of drug-likeness (QED) is 0.447. The number of aliphatic carboxylic acids is 1. The molecular formula is C8H15NO3. The minimum absolute atomic E-state index is 0.0363. The number of carbonyl (C=O) groups excluding carboxylic acids is 1. The molecule has 0 aliphatic carbocycles. The van der Waals surface area contributed by atoms with Crippen molar-refractivity contribution in [1.29, 1.82) is 0 Å². The number of aldehydes is 1. The van der Waals surface area contributed by atoms with Gasteiger partial charge in [0.25, 0.3) is 0 Å². The van der Waals surface area contributed by atoms with Gasteiger partial charge in [-0.25, -0.2) is 0 Å². The molecule has 0 aromatic heterocycles. The summed E-state index contributed by atoms with van der Waals surface area (Å²) in [6.07, 6.45) is 1.13. The first kappa shape index (κ1) is 11.1. The molecule has 4 heteroatoms. The molecule has 0 aromatic carbocycles. The summed E-state index contributed by atoms with van der Waals surface area (Å²) in [6, 6.07) is -0.551. The molecular weight excluding hydrogens is 158 g/mol. The molecule has 0 saturated heterocycles. The molecule has 0 rings (SSSR count). The maximum Gasteiger partial charge on any atom is 0.320 e. The van der Waals surface area contributed by atoms with Gasteiger partial charge in [0, 0.05) is 13.0 Å². The van der Waals surface area contributed by atoms with Crippen molar-refractivity contribution in [2.45, 2.75) is 26.3 Å². The number of rotatable bonds is 6. The van der Waals surface area contributed by atoms with Crippen molar-refractivity contribution in [2.75, 3.05) is 6.54 Å². The molecule has 2 N–H and O–H groups in total. The van der Waals surface area contributed by atoms with Gasteiger partial charge < -0.3 is 15.2 Å². The molecule has 1 atom stereocenters. The van der Waals surface area contributed by atoms with Crippen LogP contribution in [0.25, 0.3) is 0 Å².